The van der Waals surface area contributed by atoms with Crippen molar-refractivity contribution in [3.05, 3.63) is 78.8 Å². The molecule has 0 spiro atoms. The molecule has 1 unspecified atom stereocenters. The van der Waals surface area contributed by atoms with E-state index >= 15 is 4.39 Å². The molecule has 0 amide bonds. The molecule has 0 saturated heterocycles. The summed E-state index contributed by atoms with van der Waals surface area (Å²) in [5, 5.41) is 11.2. The summed E-state index contributed by atoms with van der Waals surface area (Å²) in [6.07, 6.45) is 7.25. The number of aromatic nitrogens is 1. The molecule has 11 heteroatoms. The first-order chi connectivity index (χ1) is 18.2. The van der Waals surface area contributed by atoms with Gasteiger partial charge in [0, 0.05) is 40.3 Å². The molecule has 3 aromatic rings. The Morgan fingerprint density at radius 3 is 2.38 bits per heavy atom. The summed E-state index contributed by atoms with van der Waals surface area (Å²) in [5.41, 5.74) is 1.68. The van der Waals surface area contributed by atoms with Gasteiger partial charge in [-0.15, -0.1) is 11.3 Å². The Morgan fingerprint density at radius 1 is 1.12 bits per heavy atom. The van der Waals surface area contributed by atoms with Crippen LogP contribution in [0.1, 0.15) is 85.0 Å². The third-order valence-electron chi connectivity index (χ3n) is 6.24. The summed E-state index contributed by atoms with van der Waals surface area (Å²) in [6, 6.07) is 7.97. The van der Waals surface area contributed by atoms with E-state index in [2.05, 4.69) is 11.9 Å². The Morgan fingerprint density at radius 2 is 1.77 bits per heavy atom. The number of ether oxygens (including phenoxy) is 1. The first-order valence-electron chi connectivity index (χ1n) is 12.4. The molecule has 1 atom stereocenters. The number of ketones is 1. The fourth-order valence-corrected chi connectivity index (χ4v) is 5.46. The molecule has 0 aliphatic heterocycles. The van der Waals surface area contributed by atoms with Crippen LogP contribution in [0, 0.1) is 5.82 Å². The Bertz CT molecular complexity index is 1330. The minimum atomic E-state index is -1.10. The number of carbonyl (C=O) groups excluding carboxylic acids is 1. The van der Waals surface area contributed by atoms with Crippen molar-refractivity contribution in [3.8, 4) is 11.3 Å². The molecule has 1 aromatic heterocycles. The number of hydrogen-bond donors (Lipinski definition) is 1. The number of carboxylic acids is 1. The van der Waals surface area contributed by atoms with Crippen LogP contribution in [0.4, 0.5) is 4.39 Å². The molecular weight excluding hydrogens is 594 g/mol. The van der Waals surface area contributed by atoms with E-state index in [9.17, 15) is 9.59 Å². The molecule has 0 fully saturated rings. The van der Waals surface area contributed by atoms with E-state index in [1.165, 1.54) is 31.6 Å². The average Bonchev–Trinajstić information content (AvgIpc) is 3.38. The van der Waals surface area contributed by atoms with Crippen molar-refractivity contribution in [2.24, 2.45) is 0 Å². The van der Waals surface area contributed by atoms with Gasteiger partial charge < -0.3 is 9.84 Å². The molecule has 1 heterocycles. The Kier molecular flexibility index (Phi) is 17.0. The topological polar surface area (TPSA) is 76.5 Å². The van der Waals surface area contributed by atoms with Gasteiger partial charge in [-0.3, -0.25) is 4.79 Å². The van der Waals surface area contributed by atoms with Gasteiger partial charge in [-0.2, -0.15) is 0 Å². The quantitative estimate of drug-likeness (QED) is 0.0910. The summed E-state index contributed by atoms with van der Waals surface area (Å²) < 4.78 is 21.2. The molecule has 5 nitrogen and oxygen atoms in total. The van der Waals surface area contributed by atoms with Gasteiger partial charge in [-0.05, 0) is 37.6 Å². The van der Waals surface area contributed by atoms with Crippen LogP contribution in [0.3, 0.4) is 0 Å². The van der Waals surface area contributed by atoms with Crippen molar-refractivity contribution in [1.82, 2.24) is 4.98 Å². The van der Waals surface area contributed by atoms with E-state index in [4.69, 9.17) is 33.0 Å². The van der Waals surface area contributed by atoms with Crippen LogP contribution in [0.25, 0.3) is 17.3 Å². The summed E-state index contributed by atoms with van der Waals surface area (Å²) in [5.74, 6) is -1.94. The molecule has 0 bridgehead atoms. The predicted molar refractivity (Wildman–Crippen MR) is 166 cm³/mol. The van der Waals surface area contributed by atoms with Crippen LogP contribution in [0.2, 0.25) is 10.0 Å². The number of carboxylic acid groups (broad SMARTS) is 1. The van der Waals surface area contributed by atoms with Crippen LogP contribution < -0.4 is 0 Å². The van der Waals surface area contributed by atoms with Gasteiger partial charge in [0.15, 0.2) is 5.01 Å². The molecule has 40 heavy (non-hydrogen) atoms. The molecule has 0 aliphatic carbocycles. The van der Waals surface area contributed by atoms with Crippen LogP contribution in [0.15, 0.2) is 41.3 Å². The molecule has 1 N–H and O–H groups in total. The second-order valence-electron chi connectivity index (χ2n) is 8.99. The molecular formula is C29H32Cl2FNNa2O4S. The van der Waals surface area contributed by atoms with Gasteiger partial charge in [0.05, 0.1) is 21.8 Å². The number of unbranched alkanes of at least 4 members (excludes halogenated alkanes) is 4. The predicted octanol–water partition coefficient (Wildman–Crippen LogP) is 7.73. The second-order valence-corrected chi connectivity index (χ2v) is 10.7. The van der Waals surface area contributed by atoms with Crippen LogP contribution in [-0.2, 0) is 9.53 Å². The monoisotopic (exact) mass is 625 g/mol. The van der Waals surface area contributed by atoms with Gasteiger partial charge >= 0.3 is 65.1 Å². The standard InChI is InChI=1S/C29H30Cl2FNO4S.2Na.2H/c1-4-5-6-7-8-12-25(37-3)20-11-9-10-19(26(20)32)24-16-38-28(33-24)27(34)18-14-22(30)21(23(31)15-18)13-17(2)29(35)36;;;;/h9-11,13-16,25H,4-8,12H2,1-3H3,(H,35,36);;;;/b17-13+;;;;. The van der Waals surface area contributed by atoms with Crippen molar-refractivity contribution >= 4 is 111 Å². The van der Waals surface area contributed by atoms with Crippen LogP contribution in [-0.4, -0.2) is 88.1 Å². The number of halogens is 3. The number of nitrogens with zero attached hydrogens (tertiary/aromatic N) is 1. The first kappa shape index (κ1) is 37.4. The fraction of sp³-hybridized carbons (Fsp3) is 0.345. The SMILES string of the molecule is CCCCCCCC(OC)c1cccc(-c2csc(C(=O)c3cc(Cl)c(/C=C(\C)C(=O)O)c(Cl)c3)n2)c1F.[NaH].[NaH]. The number of aliphatic carboxylic acids is 1. The second kappa shape index (κ2) is 18.2. The van der Waals surface area contributed by atoms with E-state index in [1.807, 2.05) is 0 Å². The molecule has 0 saturated carbocycles. The van der Waals surface area contributed by atoms with E-state index in [-0.39, 0.29) is 91.4 Å². The fourth-order valence-electron chi connectivity index (χ4n) is 4.09. The van der Waals surface area contributed by atoms with Gasteiger partial charge in [0.2, 0.25) is 5.78 Å². The number of thiazole rings is 1. The van der Waals surface area contributed by atoms with Crippen molar-refractivity contribution in [1.29, 1.82) is 0 Å². The third kappa shape index (κ3) is 9.73. The molecule has 206 valence electrons. The number of rotatable bonds is 13. The third-order valence-corrected chi connectivity index (χ3v) is 7.71. The van der Waals surface area contributed by atoms with E-state index in [1.54, 1.807) is 30.7 Å². The maximum atomic E-state index is 15.6. The maximum absolute atomic E-state index is 15.6. The summed E-state index contributed by atoms with van der Waals surface area (Å²) >= 11 is 13.7. The zero-order valence-corrected chi connectivity index (χ0v) is 23.9. The zero-order valence-electron chi connectivity index (χ0n) is 21.5. The Labute approximate surface area is 293 Å². The van der Waals surface area contributed by atoms with Gasteiger partial charge in [-0.25, -0.2) is 14.2 Å². The van der Waals surface area contributed by atoms with Gasteiger partial charge in [0.25, 0.3) is 0 Å². The summed E-state index contributed by atoms with van der Waals surface area (Å²) in [6.45, 7) is 3.58. The Hall–Kier alpha value is -0.580. The normalized spacial score (nSPS) is 11.9. The number of benzene rings is 2. The van der Waals surface area contributed by atoms with Gasteiger partial charge in [-0.1, -0.05) is 74.4 Å². The minimum absolute atomic E-state index is 0. The van der Waals surface area contributed by atoms with Crippen LogP contribution in [0.5, 0.6) is 0 Å². The average molecular weight is 627 g/mol. The molecule has 0 radical (unpaired) electrons. The first-order valence-corrected chi connectivity index (χ1v) is 14.0. The van der Waals surface area contributed by atoms with Crippen molar-refractivity contribution in [3.63, 3.8) is 0 Å². The van der Waals surface area contributed by atoms with E-state index < -0.39 is 17.6 Å². The summed E-state index contributed by atoms with van der Waals surface area (Å²) in [4.78, 5) is 28.7. The molecule has 2 aromatic carbocycles. The van der Waals surface area contributed by atoms with E-state index in [0.717, 1.165) is 43.4 Å². The number of carbonyl (C=O) groups is 2. The number of methoxy groups -OCH3 is 1. The van der Waals surface area contributed by atoms with E-state index in [0.29, 0.717) is 22.4 Å². The molecule has 3 rings (SSSR count). The Balaban J connectivity index is 0.00000400. The van der Waals surface area contributed by atoms with Crippen LogP contribution >= 0.6 is 34.5 Å². The molecule has 0 aliphatic rings. The van der Waals surface area contributed by atoms with Crippen molar-refractivity contribution in [2.75, 3.05) is 7.11 Å². The summed E-state index contributed by atoms with van der Waals surface area (Å²) in [7, 11) is 1.59. The zero-order chi connectivity index (χ0) is 27.8. The number of hydrogen-bond acceptors (Lipinski definition) is 5. The van der Waals surface area contributed by atoms with Gasteiger partial charge in [0.1, 0.15) is 5.82 Å². The van der Waals surface area contributed by atoms with Crippen molar-refractivity contribution in [2.45, 2.75) is 58.5 Å². The van der Waals surface area contributed by atoms with Crippen molar-refractivity contribution < 1.29 is 23.8 Å².